The highest BCUT2D eigenvalue weighted by atomic mass is 35.5. The van der Waals surface area contributed by atoms with Gasteiger partial charge in [0.1, 0.15) is 12.4 Å². The molecule has 2 nitrogen and oxygen atoms in total. The first-order valence-electron chi connectivity index (χ1n) is 6.72. The minimum atomic E-state index is 0.595. The molecule has 0 saturated heterocycles. The number of benzene rings is 1. The third-order valence-electron chi connectivity index (χ3n) is 3.56. The molecule has 1 aliphatic rings. The lowest BCUT2D eigenvalue weighted by Crippen LogP contribution is -2.10. The van der Waals surface area contributed by atoms with Crippen molar-refractivity contribution in [3.63, 3.8) is 0 Å². The van der Waals surface area contributed by atoms with Crippen molar-refractivity contribution in [2.24, 2.45) is 0 Å². The van der Waals surface area contributed by atoms with Gasteiger partial charge in [0, 0.05) is 12.1 Å². The average molecular weight is 269 g/mol. The van der Waals surface area contributed by atoms with Gasteiger partial charge >= 0.3 is 0 Å². The molecule has 0 amide bonds. The van der Waals surface area contributed by atoms with Crippen LogP contribution in [-0.4, -0.2) is 20.3 Å². The summed E-state index contributed by atoms with van der Waals surface area (Å²) in [6, 6.07) is 5.96. The van der Waals surface area contributed by atoms with Crippen molar-refractivity contribution in [2.75, 3.05) is 20.3 Å². The molecule has 1 fully saturated rings. The van der Waals surface area contributed by atoms with E-state index >= 15 is 0 Å². The van der Waals surface area contributed by atoms with Gasteiger partial charge in [-0.1, -0.05) is 30.9 Å². The Morgan fingerprint density at radius 1 is 1.17 bits per heavy atom. The summed E-state index contributed by atoms with van der Waals surface area (Å²) >= 11 is 6.12. The maximum Gasteiger partial charge on any atom is 0.122 e. The van der Waals surface area contributed by atoms with Gasteiger partial charge in [-0.3, -0.25) is 0 Å². The topological polar surface area (TPSA) is 18.5 Å². The second-order valence-corrected chi connectivity index (χ2v) is 5.29. The zero-order valence-corrected chi connectivity index (χ0v) is 11.7. The molecule has 0 unspecified atom stereocenters. The van der Waals surface area contributed by atoms with Crippen LogP contribution in [0.1, 0.15) is 43.6 Å². The van der Waals surface area contributed by atoms with E-state index in [1.165, 1.54) is 37.7 Å². The first-order chi connectivity index (χ1) is 8.81. The Hall–Kier alpha value is -0.730. The Morgan fingerprint density at radius 2 is 1.94 bits per heavy atom. The second kappa shape index (κ2) is 7.01. The smallest absolute Gasteiger partial charge is 0.122 e. The third-order valence-corrected chi connectivity index (χ3v) is 3.80. The first-order valence-corrected chi connectivity index (χ1v) is 7.10. The van der Waals surface area contributed by atoms with Gasteiger partial charge in [0.15, 0.2) is 0 Å². The van der Waals surface area contributed by atoms with Gasteiger partial charge in [-0.2, -0.15) is 0 Å². The minimum absolute atomic E-state index is 0.595. The number of methoxy groups -OCH3 is 1. The predicted octanol–water partition coefficient (Wildman–Crippen LogP) is 4.41. The molecule has 0 spiro atoms. The van der Waals surface area contributed by atoms with Gasteiger partial charge in [-0.15, -0.1) is 0 Å². The molecule has 0 bridgehead atoms. The van der Waals surface area contributed by atoms with E-state index in [-0.39, 0.29) is 0 Å². The summed E-state index contributed by atoms with van der Waals surface area (Å²) in [5, 5.41) is 0.801. The molecule has 0 aromatic heterocycles. The summed E-state index contributed by atoms with van der Waals surface area (Å²) in [5.41, 5.74) is 1.28. The lowest BCUT2D eigenvalue weighted by atomic mass is 9.84. The van der Waals surface area contributed by atoms with Crippen LogP contribution in [0.2, 0.25) is 5.02 Å². The Bertz CT molecular complexity index is 373. The quantitative estimate of drug-likeness (QED) is 0.737. The molecule has 1 aromatic rings. The monoisotopic (exact) mass is 268 g/mol. The van der Waals surface area contributed by atoms with Crippen LogP contribution in [0, 0.1) is 0 Å². The van der Waals surface area contributed by atoms with Crippen molar-refractivity contribution in [1.82, 2.24) is 0 Å². The molecular formula is C15H21ClO2. The molecule has 1 saturated carbocycles. The molecule has 18 heavy (non-hydrogen) atoms. The Balaban J connectivity index is 2.11. The van der Waals surface area contributed by atoms with Crippen LogP contribution in [0.25, 0.3) is 0 Å². The van der Waals surface area contributed by atoms with E-state index < -0.39 is 0 Å². The highest BCUT2D eigenvalue weighted by molar-refractivity contribution is 6.30. The molecule has 0 N–H and O–H groups in total. The van der Waals surface area contributed by atoms with Crippen molar-refractivity contribution in [1.29, 1.82) is 0 Å². The van der Waals surface area contributed by atoms with E-state index in [1.54, 1.807) is 7.11 Å². The average Bonchev–Trinajstić information content (AvgIpc) is 2.41. The Kier molecular flexibility index (Phi) is 5.33. The number of ether oxygens (including phenoxy) is 2. The normalized spacial score (nSPS) is 16.8. The number of hydrogen-bond donors (Lipinski definition) is 0. The summed E-state index contributed by atoms with van der Waals surface area (Å²) in [7, 11) is 1.69. The molecule has 1 aromatic carbocycles. The van der Waals surface area contributed by atoms with Gasteiger partial charge in [-0.05, 0) is 42.5 Å². The van der Waals surface area contributed by atoms with Crippen LogP contribution in [-0.2, 0) is 4.74 Å². The van der Waals surface area contributed by atoms with E-state index in [4.69, 9.17) is 21.1 Å². The molecule has 1 aliphatic carbocycles. The molecule has 0 radical (unpaired) electrons. The van der Waals surface area contributed by atoms with Crippen LogP contribution >= 0.6 is 11.6 Å². The highest BCUT2D eigenvalue weighted by Gasteiger charge is 2.19. The number of halogens is 1. The third kappa shape index (κ3) is 3.63. The van der Waals surface area contributed by atoms with Gasteiger partial charge in [0.2, 0.25) is 0 Å². The van der Waals surface area contributed by atoms with Crippen molar-refractivity contribution >= 4 is 11.6 Å². The zero-order valence-electron chi connectivity index (χ0n) is 11.0. The minimum Gasteiger partial charge on any atom is -0.491 e. The van der Waals surface area contributed by atoms with Crippen LogP contribution in [0.4, 0.5) is 0 Å². The fourth-order valence-electron chi connectivity index (χ4n) is 2.62. The summed E-state index contributed by atoms with van der Waals surface area (Å²) in [6.45, 7) is 1.21. The van der Waals surface area contributed by atoms with Crippen molar-refractivity contribution in [3.05, 3.63) is 28.8 Å². The van der Waals surface area contributed by atoms with Crippen LogP contribution < -0.4 is 4.74 Å². The van der Waals surface area contributed by atoms with Crippen molar-refractivity contribution < 1.29 is 9.47 Å². The second-order valence-electron chi connectivity index (χ2n) is 4.86. The molecule has 0 aliphatic heterocycles. The molecule has 0 heterocycles. The summed E-state index contributed by atoms with van der Waals surface area (Å²) in [6.07, 6.45) is 6.49. The van der Waals surface area contributed by atoms with Crippen LogP contribution in [0.15, 0.2) is 18.2 Å². The lowest BCUT2D eigenvalue weighted by Gasteiger charge is -2.24. The van der Waals surface area contributed by atoms with E-state index in [9.17, 15) is 0 Å². The van der Waals surface area contributed by atoms with E-state index in [0.717, 1.165) is 10.8 Å². The fraction of sp³-hybridized carbons (Fsp3) is 0.600. The van der Waals surface area contributed by atoms with Crippen molar-refractivity contribution in [3.8, 4) is 5.75 Å². The van der Waals surface area contributed by atoms with Gasteiger partial charge < -0.3 is 9.47 Å². The maximum absolute atomic E-state index is 6.12. The molecule has 100 valence electrons. The molecule has 2 rings (SSSR count). The largest absolute Gasteiger partial charge is 0.491 e. The number of hydrogen-bond acceptors (Lipinski definition) is 2. The SMILES string of the molecule is COCCOc1ccc(Cl)cc1C1CCCCC1. The van der Waals surface area contributed by atoms with E-state index in [0.29, 0.717) is 19.1 Å². The molecular weight excluding hydrogens is 248 g/mol. The van der Waals surface area contributed by atoms with Gasteiger partial charge in [0.05, 0.1) is 6.61 Å². The number of rotatable bonds is 5. The van der Waals surface area contributed by atoms with E-state index in [1.807, 2.05) is 12.1 Å². The van der Waals surface area contributed by atoms with Crippen LogP contribution in [0.5, 0.6) is 5.75 Å². The lowest BCUT2D eigenvalue weighted by molar-refractivity contribution is 0.145. The predicted molar refractivity (Wildman–Crippen MR) is 74.6 cm³/mol. The van der Waals surface area contributed by atoms with Crippen molar-refractivity contribution in [2.45, 2.75) is 38.0 Å². The summed E-state index contributed by atoms with van der Waals surface area (Å²) in [5.74, 6) is 1.58. The zero-order chi connectivity index (χ0) is 12.8. The Labute approximate surface area is 114 Å². The summed E-state index contributed by atoms with van der Waals surface area (Å²) in [4.78, 5) is 0. The van der Waals surface area contributed by atoms with Crippen LogP contribution in [0.3, 0.4) is 0 Å². The molecule has 3 heteroatoms. The maximum atomic E-state index is 6.12. The van der Waals surface area contributed by atoms with Gasteiger partial charge in [-0.25, -0.2) is 0 Å². The van der Waals surface area contributed by atoms with E-state index in [2.05, 4.69) is 6.07 Å². The highest BCUT2D eigenvalue weighted by Crippen LogP contribution is 2.38. The van der Waals surface area contributed by atoms with Gasteiger partial charge in [0.25, 0.3) is 0 Å². The Morgan fingerprint density at radius 3 is 2.67 bits per heavy atom. The summed E-state index contributed by atoms with van der Waals surface area (Å²) < 4.78 is 10.8. The fourth-order valence-corrected chi connectivity index (χ4v) is 2.80. The standard InChI is InChI=1S/C15H21ClO2/c1-17-9-10-18-15-8-7-13(16)11-14(15)12-5-3-2-4-6-12/h7-8,11-12H,2-6,9-10H2,1H3. The molecule has 0 atom stereocenters. The first kappa shape index (κ1) is 13.7.